The van der Waals surface area contributed by atoms with Crippen molar-refractivity contribution in [3.63, 3.8) is 0 Å². The van der Waals surface area contributed by atoms with E-state index in [1.807, 2.05) is 24.9 Å². The fourth-order valence-electron chi connectivity index (χ4n) is 4.37. The van der Waals surface area contributed by atoms with Crippen LogP contribution in [0, 0.1) is 5.92 Å². The summed E-state index contributed by atoms with van der Waals surface area (Å²) in [6.45, 7) is 9.15. The number of anilines is 1. The molecule has 0 radical (unpaired) electrons. The topological polar surface area (TPSA) is 50.1 Å². The normalized spacial score (nSPS) is 20.8. The molecule has 0 N–H and O–H groups in total. The van der Waals surface area contributed by atoms with Gasteiger partial charge in [0.1, 0.15) is 0 Å². The van der Waals surface area contributed by atoms with Crippen LogP contribution in [0.5, 0.6) is 0 Å². The Kier molecular flexibility index (Phi) is 7.68. The first kappa shape index (κ1) is 21.1. The zero-order valence-corrected chi connectivity index (χ0v) is 17.8. The van der Waals surface area contributed by atoms with Gasteiger partial charge in [-0.3, -0.25) is 0 Å². The minimum atomic E-state index is 0. The molecule has 0 bridgehead atoms. The third-order valence-corrected chi connectivity index (χ3v) is 5.91. The van der Waals surface area contributed by atoms with Crippen molar-refractivity contribution in [1.29, 1.82) is 0 Å². The van der Waals surface area contributed by atoms with Crippen molar-refractivity contribution in [1.82, 2.24) is 24.4 Å². The molecule has 0 aromatic carbocycles. The Morgan fingerprint density at radius 3 is 2.50 bits per heavy atom. The number of hydrogen-bond acceptors (Lipinski definition) is 5. The lowest BCUT2D eigenvalue weighted by Gasteiger charge is -2.30. The molecule has 4 rings (SSSR count). The number of imidazole rings is 1. The van der Waals surface area contributed by atoms with Crippen LogP contribution in [-0.4, -0.2) is 57.1 Å². The van der Waals surface area contributed by atoms with Crippen molar-refractivity contribution in [2.45, 2.75) is 52.0 Å². The summed E-state index contributed by atoms with van der Waals surface area (Å²) >= 11 is 0. The van der Waals surface area contributed by atoms with E-state index in [-0.39, 0.29) is 12.4 Å². The van der Waals surface area contributed by atoms with Crippen molar-refractivity contribution >= 4 is 18.4 Å². The molecular weight excluding hydrogens is 372 g/mol. The summed E-state index contributed by atoms with van der Waals surface area (Å²) in [7, 11) is 0. The highest BCUT2D eigenvalue weighted by atomic mass is 35.5. The summed E-state index contributed by atoms with van der Waals surface area (Å²) in [4.78, 5) is 18.6. The largest absolute Gasteiger partial charge is 0.341 e. The van der Waals surface area contributed by atoms with Gasteiger partial charge in [0.2, 0.25) is 5.95 Å². The van der Waals surface area contributed by atoms with Gasteiger partial charge in [0.05, 0.1) is 18.2 Å². The molecule has 2 fully saturated rings. The molecule has 0 amide bonds. The first-order valence-corrected chi connectivity index (χ1v) is 10.6. The van der Waals surface area contributed by atoms with E-state index in [2.05, 4.69) is 36.2 Å². The Morgan fingerprint density at radius 2 is 1.75 bits per heavy atom. The summed E-state index contributed by atoms with van der Waals surface area (Å²) in [5.41, 5.74) is 2.17. The van der Waals surface area contributed by atoms with Crippen LogP contribution in [0.25, 0.3) is 11.3 Å². The predicted molar refractivity (Wildman–Crippen MR) is 116 cm³/mol. The van der Waals surface area contributed by atoms with Gasteiger partial charge in [-0.1, -0.05) is 13.3 Å². The van der Waals surface area contributed by atoms with E-state index >= 15 is 0 Å². The molecule has 0 aliphatic carbocycles. The van der Waals surface area contributed by atoms with Crippen LogP contribution in [0.1, 0.15) is 45.4 Å². The van der Waals surface area contributed by atoms with Gasteiger partial charge in [0.15, 0.2) is 0 Å². The Labute approximate surface area is 174 Å². The van der Waals surface area contributed by atoms with Crippen molar-refractivity contribution in [2.75, 3.05) is 37.6 Å². The highest BCUT2D eigenvalue weighted by Gasteiger charge is 2.18. The van der Waals surface area contributed by atoms with Gasteiger partial charge < -0.3 is 14.4 Å². The molecule has 6 nitrogen and oxygen atoms in total. The average molecular weight is 405 g/mol. The van der Waals surface area contributed by atoms with E-state index in [9.17, 15) is 0 Å². The van der Waals surface area contributed by atoms with Crippen LogP contribution >= 0.6 is 12.4 Å². The molecule has 2 aliphatic heterocycles. The number of hydrogen-bond donors (Lipinski definition) is 0. The molecular formula is C21H33ClN6. The molecule has 1 unspecified atom stereocenters. The average Bonchev–Trinajstić information content (AvgIpc) is 3.17. The highest BCUT2D eigenvalue weighted by Crippen LogP contribution is 2.22. The maximum Gasteiger partial charge on any atom is 0.225 e. The standard InChI is InChI=1S/C21H32N6.ClH/c1-18-7-5-11-26(16-18)21-23-13-19(14-24-21)20-15-22-17-27(20)12-6-10-25-8-3-2-4-9-25;/h13-15,17-18H,2-12,16H2,1H3;1H. The summed E-state index contributed by atoms with van der Waals surface area (Å²) in [6.07, 6.45) is 15.6. The molecule has 2 aromatic heterocycles. The Hall–Kier alpha value is -1.66. The van der Waals surface area contributed by atoms with Gasteiger partial charge in [-0.15, -0.1) is 12.4 Å². The molecule has 2 saturated heterocycles. The van der Waals surface area contributed by atoms with E-state index in [4.69, 9.17) is 0 Å². The lowest BCUT2D eigenvalue weighted by atomic mass is 10.0. The van der Waals surface area contributed by atoms with E-state index in [0.717, 1.165) is 49.2 Å². The molecule has 7 heteroatoms. The molecule has 0 saturated carbocycles. The predicted octanol–water partition coefficient (Wildman–Crippen LogP) is 3.87. The van der Waals surface area contributed by atoms with Crippen LogP contribution in [-0.2, 0) is 6.54 Å². The maximum absolute atomic E-state index is 4.65. The molecule has 1 atom stereocenters. The van der Waals surface area contributed by atoms with Gasteiger partial charge >= 0.3 is 0 Å². The monoisotopic (exact) mass is 404 g/mol. The number of rotatable bonds is 6. The first-order chi connectivity index (χ1) is 13.3. The summed E-state index contributed by atoms with van der Waals surface area (Å²) in [5.74, 6) is 1.59. The smallest absolute Gasteiger partial charge is 0.225 e. The van der Waals surface area contributed by atoms with E-state index in [0.29, 0.717) is 0 Å². The van der Waals surface area contributed by atoms with Crippen molar-refractivity contribution < 1.29 is 0 Å². The minimum absolute atomic E-state index is 0. The van der Waals surface area contributed by atoms with E-state index in [1.54, 1.807) is 0 Å². The van der Waals surface area contributed by atoms with Gasteiger partial charge in [-0.2, -0.15) is 0 Å². The van der Waals surface area contributed by atoms with Crippen LogP contribution in [0.4, 0.5) is 5.95 Å². The quantitative estimate of drug-likeness (QED) is 0.731. The zero-order valence-electron chi connectivity index (χ0n) is 17.0. The second-order valence-electron chi connectivity index (χ2n) is 8.19. The second-order valence-corrected chi connectivity index (χ2v) is 8.19. The lowest BCUT2D eigenvalue weighted by molar-refractivity contribution is 0.223. The molecule has 2 aromatic rings. The number of likely N-dealkylation sites (tertiary alicyclic amines) is 1. The second kappa shape index (κ2) is 10.2. The van der Waals surface area contributed by atoms with E-state index in [1.165, 1.54) is 51.7 Å². The maximum atomic E-state index is 4.65. The highest BCUT2D eigenvalue weighted by molar-refractivity contribution is 5.85. The minimum Gasteiger partial charge on any atom is -0.341 e. The van der Waals surface area contributed by atoms with Crippen LogP contribution in [0.3, 0.4) is 0 Å². The number of nitrogens with zero attached hydrogens (tertiary/aromatic N) is 6. The molecule has 2 aliphatic rings. The van der Waals surface area contributed by atoms with Crippen LogP contribution in [0.2, 0.25) is 0 Å². The Bertz CT molecular complexity index is 710. The SMILES string of the molecule is CC1CCCN(c2ncc(-c3cncn3CCCN3CCCCC3)cn2)C1.Cl. The molecule has 4 heterocycles. The Balaban J connectivity index is 0.00000225. The fraction of sp³-hybridized carbons (Fsp3) is 0.667. The molecule has 154 valence electrons. The van der Waals surface area contributed by atoms with E-state index < -0.39 is 0 Å². The van der Waals surface area contributed by atoms with Crippen LogP contribution < -0.4 is 4.90 Å². The van der Waals surface area contributed by atoms with Crippen molar-refractivity contribution in [3.05, 3.63) is 24.9 Å². The molecule has 0 spiro atoms. The van der Waals surface area contributed by atoms with Gasteiger partial charge in [-0.25, -0.2) is 15.0 Å². The first-order valence-electron chi connectivity index (χ1n) is 10.6. The number of halogens is 1. The van der Waals surface area contributed by atoms with Gasteiger partial charge in [0.25, 0.3) is 0 Å². The third-order valence-electron chi connectivity index (χ3n) is 5.91. The number of aromatic nitrogens is 4. The summed E-state index contributed by atoms with van der Waals surface area (Å²) in [6, 6.07) is 0. The summed E-state index contributed by atoms with van der Waals surface area (Å²) < 4.78 is 2.24. The Morgan fingerprint density at radius 1 is 0.964 bits per heavy atom. The van der Waals surface area contributed by atoms with Gasteiger partial charge in [-0.05, 0) is 57.7 Å². The fourth-order valence-corrected chi connectivity index (χ4v) is 4.37. The van der Waals surface area contributed by atoms with Crippen molar-refractivity contribution in [2.24, 2.45) is 5.92 Å². The number of piperidine rings is 2. The zero-order chi connectivity index (χ0) is 18.5. The summed E-state index contributed by atoms with van der Waals surface area (Å²) in [5, 5.41) is 0. The lowest BCUT2D eigenvalue weighted by Crippen LogP contribution is -2.35. The van der Waals surface area contributed by atoms with Crippen molar-refractivity contribution in [3.8, 4) is 11.3 Å². The number of aryl methyl sites for hydroxylation is 1. The third kappa shape index (κ3) is 5.23. The molecule has 28 heavy (non-hydrogen) atoms. The van der Waals surface area contributed by atoms with Gasteiger partial charge in [0, 0.05) is 37.6 Å². The van der Waals surface area contributed by atoms with Crippen LogP contribution in [0.15, 0.2) is 24.9 Å².